The van der Waals surface area contributed by atoms with Crippen LogP contribution >= 0.6 is 0 Å². The number of carboxylic acids is 1. The average molecular weight is 165 g/mol. The van der Waals surface area contributed by atoms with Crippen LogP contribution in [-0.2, 0) is 4.79 Å². The topological polar surface area (TPSA) is 49.3 Å². The molecule has 11 heavy (non-hydrogen) atoms. The monoisotopic (exact) mass is 165 g/mol. The number of nitrogens with one attached hydrogen (secondary N) is 1. The first-order valence-electron chi connectivity index (χ1n) is 3.33. The van der Waals surface area contributed by atoms with Gasteiger partial charge < -0.3 is 10.4 Å². The fraction of sp³-hybridized carbons (Fsp3) is 0.833. The highest BCUT2D eigenvalue weighted by Gasteiger charge is 2.39. The van der Waals surface area contributed by atoms with E-state index in [1.54, 1.807) is 0 Å². The van der Waals surface area contributed by atoms with E-state index >= 15 is 0 Å². The van der Waals surface area contributed by atoms with Crippen LogP contribution in [0.2, 0.25) is 0 Å². The van der Waals surface area contributed by atoms with Gasteiger partial charge in [-0.1, -0.05) is 0 Å². The summed E-state index contributed by atoms with van der Waals surface area (Å²) in [7, 11) is 0. The molecule has 3 nitrogen and oxygen atoms in total. The van der Waals surface area contributed by atoms with Gasteiger partial charge in [-0.05, 0) is 0 Å². The lowest BCUT2D eigenvalue weighted by molar-refractivity contribution is -0.137. The van der Waals surface area contributed by atoms with Crippen molar-refractivity contribution in [3.63, 3.8) is 0 Å². The molecule has 1 atom stereocenters. The molecule has 2 N–H and O–H groups in total. The number of carboxylic acid groups (broad SMARTS) is 1. The number of carbonyl (C=O) groups is 1. The van der Waals surface area contributed by atoms with Crippen molar-refractivity contribution in [2.75, 3.05) is 6.54 Å². The molecule has 1 saturated heterocycles. The third-order valence-electron chi connectivity index (χ3n) is 1.62. The van der Waals surface area contributed by atoms with Gasteiger partial charge in [-0.2, -0.15) is 0 Å². The van der Waals surface area contributed by atoms with Crippen molar-refractivity contribution in [2.45, 2.75) is 24.8 Å². The zero-order valence-electron chi connectivity index (χ0n) is 5.81. The second kappa shape index (κ2) is 2.73. The quantitative estimate of drug-likeness (QED) is 0.624. The Morgan fingerprint density at radius 3 is 2.73 bits per heavy atom. The van der Waals surface area contributed by atoms with Crippen LogP contribution in [0.3, 0.4) is 0 Å². The smallest absolute Gasteiger partial charge is 0.304 e. The number of hydrogen-bond acceptors (Lipinski definition) is 2. The minimum Gasteiger partial charge on any atom is -0.481 e. The zero-order valence-corrected chi connectivity index (χ0v) is 5.81. The number of hydrogen-bond donors (Lipinski definition) is 2. The summed E-state index contributed by atoms with van der Waals surface area (Å²) in [5.74, 6) is -3.76. The lowest BCUT2D eigenvalue weighted by Gasteiger charge is -2.05. The molecule has 0 saturated carbocycles. The van der Waals surface area contributed by atoms with Gasteiger partial charge in [0.2, 0.25) is 0 Å². The van der Waals surface area contributed by atoms with Gasteiger partial charge >= 0.3 is 5.97 Å². The van der Waals surface area contributed by atoms with Crippen LogP contribution in [0.25, 0.3) is 0 Å². The largest absolute Gasteiger partial charge is 0.481 e. The second-order valence-corrected chi connectivity index (χ2v) is 2.74. The van der Waals surface area contributed by atoms with Gasteiger partial charge in [0.25, 0.3) is 5.92 Å². The Balaban J connectivity index is 2.36. The maximum Gasteiger partial charge on any atom is 0.304 e. The molecule has 1 heterocycles. The molecule has 0 spiro atoms. The van der Waals surface area contributed by atoms with Crippen LogP contribution < -0.4 is 5.32 Å². The summed E-state index contributed by atoms with van der Waals surface area (Å²) in [5, 5.41) is 10.7. The van der Waals surface area contributed by atoms with Crippen molar-refractivity contribution in [2.24, 2.45) is 0 Å². The average Bonchev–Trinajstić information content (AvgIpc) is 2.08. The Morgan fingerprint density at radius 1 is 1.73 bits per heavy atom. The lowest BCUT2D eigenvalue weighted by Crippen LogP contribution is -2.24. The molecule has 0 aromatic carbocycles. The van der Waals surface area contributed by atoms with E-state index in [9.17, 15) is 13.6 Å². The van der Waals surface area contributed by atoms with Gasteiger partial charge in [-0.25, -0.2) is 8.78 Å². The third kappa shape index (κ3) is 2.42. The molecule has 0 radical (unpaired) electrons. The van der Waals surface area contributed by atoms with Crippen LogP contribution in [0.5, 0.6) is 0 Å². The van der Waals surface area contributed by atoms with E-state index in [2.05, 4.69) is 5.32 Å². The summed E-state index contributed by atoms with van der Waals surface area (Å²) in [6, 6.07) is -0.567. The molecule has 0 amide bonds. The first-order valence-corrected chi connectivity index (χ1v) is 3.33. The minimum absolute atomic E-state index is 0.227. The Labute approximate surface area is 62.4 Å². The molecule has 0 aliphatic carbocycles. The Kier molecular flexibility index (Phi) is 2.08. The molecule has 64 valence electrons. The summed E-state index contributed by atoms with van der Waals surface area (Å²) >= 11 is 0. The van der Waals surface area contributed by atoms with E-state index in [0.29, 0.717) is 0 Å². The van der Waals surface area contributed by atoms with Crippen molar-refractivity contribution in [1.82, 2.24) is 5.32 Å². The molecular weight excluding hydrogens is 156 g/mol. The molecule has 1 fully saturated rings. The number of rotatable bonds is 2. The molecule has 0 unspecified atom stereocenters. The van der Waals surface area contributed by atoms with Crippen LogP contribution in [0, 0.1) is 0 Å². The molecule has 0 bridgehead atoms. The summed E-state index contributed by atoms with van der Waals surface area (Å²) in [6.07, 6.45) is -0.588. The van der Waals surface area contributed by atoms with Crippen LogP contribution in [0.1, 0.15) is 12.8 Å². The molecule has 1 aliphatic heterocycles. The Hall–Kier alpha value is -0.710. The van der Waals surface area contributed by atoms with Gasteiger partial charge in [0.1, 0.15) is 0 Å². The van der Waals surface area contributed by atoms with Crippen molar-refractivity contribution >= 4 is 5.97 Å². The second-order valence-electron chi connectivity index (χ2n) is 2.74. The minimum atomic E-state index is -2.72. The van der Waals surface area contributed by atoms with E-state index in [1.807, 2.05) is 0 Å². The highest BCUT2D eigenvalue weighted by atomic mass is 19.3. The number of alkyl halides is 2. The lowest BCUT2D eigenvalue weighted by atomic mass is 10.1. The fourth-order valence-corrected chi connectivity index (χ4v) is 1.15. The van der Waals surface area contributed by atoms with Gasteiger partial charge in [0.15, 0.2) is 0 Å². The summed E-state index contributed by atoms with van der Waals surface area (Å²) in [6.45, 7) is -0.398. The maximum absolute atomic E-state index is 12.4. The number of aliphatic carboxylic acids is 1. The summed E-state index contributed by atoms with van der Waals surface area (Å²) in [4.78, 5) is 10.1. The summed E-state index contributed by atoms with van der Waals surface area (Å²) < 4.78 is 24.8. The first-order chi connectivity index (χ1) is 4.99. The van der Waals surface area contributed by atoms with Gasteiger partial charge in [-0.3, -0.25) is 4.79 Å². The maximum atomic E-state index is 12.4. The molecular formula is C6H9F2NO2. The summed E-state index contributed by atoms with van der Waals surface area (Å²) in [5.41, 5.74) is 0. The molecule has 0 aromatic heterocycles. The highest BCUT2D eigenvalue weighted by Crippen LogP contribution is 2.26. The van der Waals surface area contributed by atoms with Crippen LogP contribution in [-0.4, -0.2) is 29.6 Å². The van der Waals surface area contributed by atoms with Crippen LogP contribution in [0.4, 0.5) is 8.78 Å². The van der Waals surface area contributed by atoms with Crippen molar-refractivity contribution in [3.05, 3.63) is 0 Å². The van der Waals surface area contributed by atoms with Gasteiger partial charge in [0.05, 0.1) is 13.0 Å². The van der Waals surface area contributed by atoms with E-state index in [-0.39, 0.29) is 12.8 Å². The van der Waals surface area contributed by atoms with Crippen molar-refractivity contribution in [3.8, 4) is 0 Å². The molecule has 1 aliphatic rings. The predicted octanol–water partition coefficient (Wildman–Crippen LogP) is 0.458. The SMILES string of the molecule is O=C(O)C[C@H]1CC(F)(F)CN1. The fourth-order valence-electron chi connectivity index (χ4n) is 1.15. The van der Waals surface area contributed by atoms with E-state index in [0.717, 1.165) is 0 Å². The van der Waals surface area contributed by atoms with Crippen molar-refractivity contribution in [1.29, 1.82) is 0 Å². The van der Waals surface area contributed by atoms with Crippen molar-refractivity contribution < 1.29 is 18.7 Å². The van der Waals surface area contributed by atoms with E-state index in [1.165, 1.54) is 0 Å². The molecule has 1 rings (SSSR count). The Morgan fingerprint density at radius 2 is 2.36 bits per heavy atom. The van der Waals surface area contributed by atoms with E-state index in [4.69, 9.17) is 5.11 Å². The van der Waals surface area contributed by atoms with Gasteiger partial charge in [-0.15, -0.1) is 0 Å². The molecule has 0 aromatic rings. The predicted molar refractivity (Wildman–Crippen MR) is 33.6 cm³/mol. The first kappa shape index (κ1) is 8.39. The van der Waals surface area contributed by atoms with E-state index < -0.39 is 24.5 Å². The van der Waals surface area contributed by atoms with Crippen LogP contribution in [0.15, 0.2) is 0 Å². The highest BCUT2D eigenvalue weighted by molar-refractivity contribution is 5.67. The van der Waals surface area contributed by atoms with Gasteiger partial charge in [0, 0.05) is 12.5 Å². The number of halogens is 2. The normalized spacial score (nSPS) is 28.7. The standard InChI is InChI=1S/C6H9F2NO2/c7-6(8)2-4(9-3-6)1-5(10)11/h4,9H,1-3H2,(H,10,11)/t4-/m0/s1. The molecule has 5 heteroatoms. The Bertz CT molecular complexity index is 172. The third-order valence-corrected chi connectivity index (χ3v) is 1.62. The zero-order chi connectivity index (χ0) is 8.48.